The number of aliphatic hydroxyl groups excluding tert-OH is 1. The first-order valence-electron chi connectivity index (χ1n) is 7.40. The summed E-state index contributed by atoms with van der Waals surface area (Å²) in [6.07, 6.45) is 2.15. The van der Waals surface area contributed by atoms with Gasteiger partial charge in [0.15, 0.2) is 0 Å². The smallest absolute Gasteiger partial charge is 0.0434 e. The minimum atomic E-state index is 0.319. The first-order chi connectivity index (χ1) is 9.24. The third-order valence-corrected chi connectivity index (χ3v) is 4.08. The first kappa shape index (κ1) is 14.4. The van der Waals surface area contributed by atoms with E-state index in [0.717, 1.165) is 32.6 Å². The summed E-state index contributed by atoms with van der Waals surface area (Å²) < 4.78 is 0. The number of aliphatic hydroxyl groups is 1. The molecule has 1 aromatic carbocycles. The third kappa shape index (κ3) is 3.71. The van der Waals surface area contributed by atoms with E-state index < -0.39 is 0 Å². The van der Waals surface area contributed by atoms with Crippen LogP contribution in [0, 0.1) is 12.8 Å². The van der Waals surface area contributed by atoms with Crippen LogP contribution in [0.25, 0.3) is 0 Å². The summed E-state index contributed by atoms with van der Waals surface area (Å²) in [6, 6.07) is 6.78. The summed E-state index contributed by atoms with van der Waals surface area (Å²) in [5.74, 6) is 0.659. The molecule has 0 radical (unpaired) electrons. The molecule has 2 rings (SSSR count). The van der Waals surface area contributed by atoms with Gasteiger partial charge in [0.2, 0.25) is 0 Å². The number of benzene rings is 1. The van der Waals surface area contributed by atoms with Gasteiger partial charge >= 0.3 is 0 Å². The van der Waals surface area contributed by atoms with Gasteiger partial charge in [-0.3, -0.25) is 0 Å². The minimum Gasteiger partial charge on any atom is -0.396 e. The van der Waals surface area contributed by atoms with E-state index in [4.69, 9.17) is 5.11 Å². The molecular formula is C16H26N2O. The summed E-state index contributed by atoms with van der Waals surface area (Å²) >= 11 is 0. The summed E-state index contributed by atoms with van der Waals surface area (Å²) in [4.78, 5) is 2.45. The van der Waals surface area contributed by atoms with Crippen molar-refractivity contribution in [3.8, 4) is 0 Å². The molecule has 1 aliphatic heterocycles. The molecule has 106 valence electrons. The lowest BCUT2D eigenvalue weighted by Gasteiger charge is -2.20. The van der Waals surface area contributed by atoms with Crippen LogP contribution < -0.4 is 10.2 Å². The lowest BCUT2D eigenvalue weighted by atomic mass is 10.1. The Kier molecular flexibility index (Phi) is 5.23. The Balaban J connectivity index is 2.00. The van der Waals surface area contributed by atoms with E-state index in [-0.39, 0.29) is 0 Å². The lowest BCUT2D eigenvalue weighted by molar-refractivity contribution is 0.263. The van der Waals surface area contributed by atoms with Gasteiger partial charge in [0, 0.05) is 31.9 Å². The van der Waals surface area contributed by atoms with Gasteiger partial charge in [-0.15, -0.1) is 0 Å². The van der Waals surface area contributed by atoms with Gasteiger partial charge in [0.25, 0.3) is 0 Å². The number of nitrogens with zero attached hydrogens (tertiary/aromatic N) is 1. The Morgan fingerprint density at radius 3 is 2.95 bits per heavy atom. The van der Waals surface area contributed by atoms with Crippen molar-refractivity contribution in [1.29, 1.82) is 0 Å². The highest BCUT2D eigenvalue weighted by Gasteiger charge is 2.22. The molecule has 1 saturated heterocycles. The number of anilines is 1. The average Bonchev–Trinajstić information content (AvgIpc) is 2.86. The molecule has 3 heteroatoms. The van der Waals surface area contributed by atoms with Gasteiger partial charge in [-0.2, -0.15) is 0 Å². The van der Waals surface area contributed by atoms with Crippen LogP contribution in [0.15, 0.2) is 18.2 Å². The highest BCUT2D eigenvalue weighted by atomic mass is 16.3. The van der Waals surface area contributed by atoms with Crippen LogP contribution in [0.3, 0.4) is 0 Å². The van der Waals surface area contributed by atoms with E-state index in [1.807, 2.05) is 0 Å². The molecule has 3 nitrogen and oxygen atoms in total. The van der Waals surface area contributed by atoms with E-state index in [2.05, 4.69) is 42.3 Å². The van der Waals surface area contributed by atoms with Crippen LogP contribution in [-0.2, 0) is 6.54 Å². The number of hydrogen-bond donors (Lipinski definition) is 2. The van der Waals surface area contributed by atoms with E-state index in [1.165, 1.54) is 23.2 Å². The van der Waals surface area contributed by atoms with E-state index in [9.17, 15) is 0 Å². The number of nitrogens with one attached hydrogen (secondary N) is 1. The van der Waals surface area contributed by atoms with Gasteiger partial charge in [-0.05, 0) is 55.5 Å². The Morgan fingerprint density at radius 2 is 2.26 bits per heavy atom. The second-order valence-corrected chi connectivity index (χ2v) is 5.50. The predicted octanol–water partition coefficient (Wildman–Crippen LogP) is 2.31. The standard InChI is InChI=1S/C16H26N2O/c1-3-17-11-15-4-5-16(10-13(15)2)18-8-6-14(12-18)7-9-19/h4-5,10,14,17,19H,3,6-9,11-12H2,1-2H3. The van der Waals surface area contributed by atoms with Gasteiger partial charge in [-0.1, -0.05) is 13.0 Å². The van der Waals surface area contributed by atoms with Crippen LogP contribution in [0.2, 0.25) is 0 Å². The molecule has 19 heavy (non-hydrogen) atoms. The Hall–Kier alpha value is -1.06. The summed E-state index contributed by atoms with van der Waals surface area (Å²) in [7, 11) is 0. The van der Waals surface area contributed by atoms with Crippen LogP contribution in [0.4, 0.5) is 5.69 Å². The van der Waals surface area contributed by atoms with Gasteiger partial charge < -0.3 is 15.3 Å². The Labute approximate surface area is 116 Å². The fourth-order valence-electron chi connectivity index (χ4n) is 2.82. The molecule has 0 aromatic heterocycles. The van der Waals surface area contributed by atoms with E-state index in [1.54, 1.807) is 0 Å². The molecule has 0 bridgehead atoms. The summed E-state index contributed by atoms with van der Waals surface area (Å²) in [5.41, 5.74) is 4.08. The van der Waals surface area contributed by atoms with Crippen molar-refractivity contribution in [3.05, 3.63) is 29.3 Å². The average molecular weight is 262 g/mol. The van der Waals surface area contributed by atoms with Gasteiger partial charge in [-0.25, -0.2) is 0 Å². The van der Waals surface area contributed by atoms with Crippen LogP contribution in [0.5, 0.6) is 0 Å². The molecule has 1 aliphatic rings. The molecule has 2 N–H and O–H groups in total. The lowest BCUT2D eigenvalue weighted by Crippen LogP contribution is -2.20. The molecule has 0 spiro atoms. The van der Waals surface area contributed by atoms with Gasteiger partial charge in [0.1, 0.15) is 0 Å². The fourth-order valence-corrected chi connectivity index (χ4v) is 2.82. The number of aryl methyl sites for hydroxylation is 1. The van der Waals surface area contributed by atoms with E-state index >= 15 is 0 Å². The van der Waals surface area contributed by atoms with Crippen LogP contribution in [0.1, 0.15) is 30.9 Å². The minimum absolute atomic E-state index is 0.319. The molecule has 0 saturated carbocycles. The molecule has 0 amide bonds. The normalized spacial score (nSPS) is 19.1. The van der Waals surface area contributed by atoms with Crippen molar-refractivity contribution in [3.63, 3.8) is 0 Å². The van der Waals surface area contributed by atoms with Gasteiger partial charge in [0.05, 0.1) is 0 Å². The zero-order chi connectivity index (χ0) is 13.7. The SMILES string of the molecule is CCNCc1ccc(N2CCC(CCO)C2)cc1C. The number of hydrogen-bond acceptors (Lipinski definition) is 3. The predicted molar refractivity (Wildman–Crippen MR) is 80.6 cm³/mol. The summed E-state index contributed by atoms with van der Waals surface area (Å²) in [5, 5.41) is 12.4. The molecule has 1 aromatic rings. The topological polar surface area (TPSA) is 35.5 Å². The zero-order valence-electron chi connectivity index (χ0n) is 12.2. The van der Waals surface area contributed by atoms with Crippen molar-refractivity contribution in [1.82, 2.24) is 5.32 Å². The monoisotopic (exact) mass is 262 g/mol. The molecule has 1 fully saturated rings. The highest BCUT2D eigenvalue weighted by molar-refractivity contribution is 5.51. The molecule has 1 heterocycles. The maximum atomic E-state index is 9.02. The fraction of sp³-hybridized carbons (Fsp3) is 0.625. The zero-order valence-corrected chi connectivity index (χ0v) is 12.2. The maximum absolute atomic E-state index is 9.02. The second-order valence-electron chi connectivity index (χ2n) is 5.50. The molecule has 0 aliphatic carbocycles. The van der Waals surface area contributed by atoms with Crippen molar-refractivity contribution in [2.24, 2.45) is 5.92 Å². The molecule has 1 atom stereocenters. The largest absolute Gasteiger partial charge is 0.396 e. The quantitative estimate of drug-likeness (QED) is 0.826. The van der Waals surface area contributed by atoms with Crippen molar-refractivity contribution in [2.75, 3.05) is 31.1 Å². The first-order valence-corrected chi connectivity index (χ1v) is 7.40. The van der Waals surface area contributed by atoms with Crippen LogP contribution in [-0.4, -0.2) is 31.3 Å². The second kappa shape index (κ2) is 6.92. The number of rotatable bonds is 6. The Morgan fingerprint density at radius 1 is 1.42 bits per heavy atom. The maximum Gasteiger partial charge on any atom is 0.0434 e. The Bertz CT molecular complexity index is 406. The van der Waals surface area contributed by atoms with E-state index in [0.29, 0.717) is 12.5 Å². The molecule has 1 unspecified atom stereocenters. The third-order valence-electron chi connectivity index (χ3n) is 4.08. The van der Waals surface area contributed by atoms with Crippen LogP contribution >= 0.6 is 0 Å². The van der Waals surface area contributed by atoms with Crippen molar-refractivity contribution >= 4 is 5.69 Å². The highest BCUT2D eigenvalue weighted by Crippen LogP contribution is 2.27. The van der Waals surface area contributed by atoms with Crippen molar-refractivity contribution < 1.29 is 5.11 Å². The van der Waals surface area contributed by atoms with Crippen molar-refractivity contribution in [2.45, 2.75) is 33.2 Å². The summed E-state index contributed by atoms with van der Waals surface area (Å²) in [6.45, 7) is 8.82. The molecular weight excluding hydrogens is 236 g/mol.